The van der Waals surface area contributed by atoms with Crippen LogP contribution >= 0.6 is 23.2 Å². The van der Waals surface area contributed by atoms with E-state index in [0.29, 0.717) is 0 Å². The van der Waals surface area contributed by atoms with E-state index >= 15 is 0 Å². The Hall–Kier alpha value is 0.0600. The highest BCUT2D eigenvalue weighted by Crippen LogP contribution is 2.11. The molecule has 1 rings (SSSR count). The largest absolute Gasteiger partial charge is 0.114 e. The zero-order valence-electron chi connectivity index (χ0n) is 7.91. The maximum atomic E-state index is 7.31. The third kappa shape index (κ3) is 1.53. The molecule has 2 atom stereocenters. The van der Waals surface area contributed by atoms with Gasteiger partial charge in [0.25, 0.3) is 0 Å². The topological polar surface area (TPSA) is 0 Å². The molecule has 0 N–H and O–H groups in total. The first-order valence-electron chi connectivity index (χ1n) is 4.04. The summed E-state index contributed by atoms with van der Waals surface area (Å²) in [6, 6.07) is -0.895. The number of halogens is 2. The summed E-state index contributed by atoms with van der Waals surface area (Å²) in [4.78, 5) is 0. The van der Waals surface area contributed by atoms with Gasteiger partial charge in [-0.1, -0.05) is 24.3 Å². The van der Waals surface area contributed by atoms with Gasteiger partial charge in [0.1, 0.15) is 0 Å². The van der Waals surface area contributed by atoms with Crippen LogP contribution in [0.1, 0.15) is 5.48 Å². The van der Waals surface area contributed by atoms with Crippen molar-refractivity contribution in [2.24, 2.45) is 0 Å². The Morgan fingerprint density at radius 1 is 1.25 bits per heavy atom. The van der Waals surface area contributed by atoms with Gasteiger partial charge in [0.05, 0.1) is 16.2 Å². The second-order valence-corrected chi connectivity index (χ2v) is 2.09. The Morgan fingerprint density at radius 2 is 1.62 bits per heavy atom. The molecule has 1 aliphatic rings. The minimum atomic E-state index is -1.74. The first kappa shape index (κ1) is 2.76. The van der Waals surface area contributed by atoms with E-state index in [1.54, 1.807) is 0 Å². The molecule has 0 amide bonds. The molecule has 0 nitrogen and oxygen atoms in total. The van der Waals surface area contributed by atoms with E-state index in [4.69, 9.17) is 28.7 Å². The van der Waals surface area contributed by atoms with Gasteiger partial charge in [-0.3, -0.25) is 0 Å². The predicted octanol–water partition coefficient (Wildman–Crippen LogP) is 2.33. The summed E-state index contributed by atoms with van der Waals surface area (Å²) in [6.45, 7) is 0. The minimum Gasteiger partial charge on any atom is -0.114 e. The van der Waals surface area contributed by atoms with Gasteiger partial charge in [-0.2, -0.15) is 0 Å². The lowest BCUT2D eigenvalue weighted by molar-refractivity contribution is 1.24. The lowest BCUT2D eigenvalue weighted by Gasteiger charge is -2.03. The molecular formula is C6H6Cl2. The number of alkyl halides is 2. The predicted molar refractivity (Wildman–Crippen MR) is 37.6 cm³/mol. The van der Waals surface area contributed by atoms with Crippen molar-refractivity contribution in [1.82, 2.24) is 0 Å². The summed E-state index contributed by atoms with van der Waals surface area (Å²) >= 11 is 11.0. The standard InChI is InChI=1S/C6H6Cl2/c7-5-1-2-6(8)4-3-5/h1-6H/i1D,2D,5D,6D. The van der Waals surface area contributed by atoms with Crippen LogP contribution in [0.25, 0.3) is 0 Å². The molecule has 0 heterocycles. The Balaban J connectivity index is 3.18. The monoisotopic (exact) mass is 152 g/mol. The van der Waals surface area contributed by atoms with E-state index in [2.05, 4.69) is 0 Å². The third-order valence-electron chi connectivity index (χ3n) is 0.677. The summed E-state index contributed by atoms with van der Waals surface area (Å²) < 4.78 is 29.1. The lowest BCUT2D eigenvalue weighted by atomic mass is 10.2. The van der Waals surface area contributed by atoms with Gasteiger partial charge in [0, 0.05) is 0 Å². The molecule has 0 aromatic heterocycles. The SMILES string of the molecule is [2H]C1=C([2H])C([2H])(Cl)C=CC1([2H])Cl. The molecule has 2 unspecified atom stereocenters. The molecule has 2 heteroatoms. The van der Waals surface area contributed by atoms with E-state index in [1.807, 2.05) is 0 Å². The smallest absolute Gasteiger partial charge is 0.0698 e. The molecule has 0 aromatic rings. The first-order chi connectivity index (χ1) is 5.27. The van der Waals surface area contributed by atoms with Crippen molar-refractivity contribution in [3.8, 4) is 0 Å². The highest BCUT2D eigenvalue weighted by Gasteiger charge is 2.01. The van der Waals surface area contributed by atoms with Gasteiger partial charge in [-0.05, 0) is 0 Å². The zero-order chi connectivity index (χ0) is 9.57. The molecule has 1 aliphatic carbocycles. The maximum Gasteiger partial charge on any atom is 0.0698 e. The molecule has 0 spiro atoms. The van der Waals surface area contributed by atoms with E-state index in [-0.39, 0.29) is 0 Å². The average molecular weight is 153 g/mol. The van der Waals surface area contributed by atoms with Crippen molar-refractivity contribution in [2.45, 2.75) is 10.7 Å². The van der Waals surface area contributed by atoms with Crippen molar-refractivity contribution in [2.75, 3.05) is 0 Å². The van der Waals surface area contributed by atoms with Crippen molar-refractivity contribution >= 4 is 23.2 Å². The molecule has 0 aromatic carbocycles. The third-order valence-corrected chi connectivity index (χ3v) is 1.12. The summed E-state index contributed by atoms with van der Waals surface area (Å²) in [7, 11) is 0. The van der Waals surface area contributed by atoms with Gasteiger partial charge in [-0.15, -0.1) is 23.2 Å². The number of rotatable bonds is 0. The first-order valence-corrected chi connectivity index (χ1v) is 2.79. The number of hydrogen-bond donors (Lipinski definition) is 0. The van der Waals surface area contributed by atoms with Gasteiger partial charge >= 0.3 is 0 Å². The summed E-state index contributed by atoms with van der Waals surface area (Å²) in [5.41, 5.74) is 0. The molecule has 0 fully saturated rings. The highest BCUT2D eigenvalue weighted by molar-refractivity contribution is 6.25. The van der Waals surface area contributed by atoms with Crippen LogP contribution in [0.15, 0.2) is 24.3 Å². The Morgan fingerprint density at radius 3 is 2.00 bits per heavy atom. The van der Waals surface area contributed by atoms with E-state index in [1.165, 1.54) is 0 Å². The number of allylic oxidation sites excluding steroid dienone is 4. The molecule has 0 saturated heterocycles. The normalized spacial score (nSPS) is 63.8. The van der Waals surface area contributed by atoms with Gasteiger partial charge in [0.2, 0.25) is 0 Å². The van der Waals surface area contributed by atoms with Crippen LogP contribution in [0.3, 0.4) is 0 Å². The van der Waals surface area contributed by atoms with Crippen LogP contribution in [-0.4, -0.2) is 10.7 Å². The molecule has 0 aliphatic heterocycles. The van der Waals surface area contributed by atoms with E-state index in [0.717, 1.165) is 12.2 Å². The highest BCUT2D eigenvalue weighted by atomic mass is 35.5. The number of hydrogen-bond acceptors (Lipinski definition) is 0. The van der Waals surface area contributed by atoms with Crippen molar-refractivity contribution < 1.29 is 5.48 Å². The van der Waals surface area contributed by atoms with Crippen LogP contribution in [-0.2, 0) is 0 Å². The van der Waals surface area contributed by atoms with Gasteiger partial charge < -0.3 is 0 Å². The van der Waals surface area contributed by atoms with Crippen LogP contribution in [0.4, 0.5) is 0 Å². The second kappa shape index (κ2) is 2.56. The molecule has 0 radical (unpaired) electrons. The van der Waals surface area contributed by atoms with Gasteiger partial charge in [0.15, 0.2) is 0 Å². The fourth-order valence-corrected chi connectivity index (χ4v) is 0.570. The maximum absolute atomic E-state index is 7.31. The quantitative estimate of drug-likeness (QED) is 0.370. The molecule has 0 saturated carbocycles. The zero-order valence-corrected chi connectivity index (χ0v) is 5.42. The minimum absolute atomic E-state index is 0.448. The van der Waals surface area contributed by atoms with E-state index in [9.17, 15) is 0 Å². The van der Waals surface area contributed by atoms with Crippen LogP contribution in [0.2, 0.25) is 0 Å². The van der Waals surface area contributed by atoms with Crippen molar-refractivity contribution in [3.05, 3.63) is 24.3 Å². The molecule has 8 heavy (non-hydrogen) atoms. The van der Waals surface area contributed by atoms with Crippen LogP contribution in [0.5, 0.6) is 0 Å². The Kier molecular flexibility index (Phi) is 0.885. The lowest BCUT2D eigenvalue weighted by Crippen LogP contribution is -1.98. The molecule has 44 valence electrons. The Labute approximate surface area is 64.4 Å². The van der Waals surface area contributed by atoms with Crippen molar-refractivity contribution in [1.29, 1.82) is 0 Å². The van der Waals surface area contributed by atoms with Crippen LogP contribution in [0, 0.1) is 0 Å². The average Bonchev–Trinajstić information content (AvgIpc) is 1.96. The van der Waals surface area contributed by atoms with Crippen molar-refractivity contribution in [3.63, 3.8) is 0 Å². The van der Waals surface area contributed by atoms with E-state index < -0.39 is 22.8 Å². The Bertz CT molecular complexity index is 241. The van der Waals surface area contributed by atoms with Crippen LogP contribution < -0.4 is 0 Å². The fourth-order valence-electron chi connectivity index (χ4n) is 0.349. The summed E-state index contributed by atoms with van der Waals surface area (Å²) in [5, 5.41) is -3.48. The fraction of sp³-hybridized carbons (Fsp3) is 0.333. The molecular weight excluding hydrogens is 143 g/mol. The van der Waals surface area contributed by atoms with Gasteiger partial charge in [-0.25, -0.2) is 0 Å². The summed E-state index contributed by atoms with van der Waals surface area (Å²) in [6.07, 6.45) is 2.27. The molecule has 0 bridgehead atoms. The summed E-state index contributed by atoms with van der Waals surface area (Å²) in [5.74, 6) is 0. The second-order valence-electron chi connectivity index (χ2n) is 1.28.